The molecular formula is C24H27Cl2N5O. The molecule has 168 valence electrons. The van der Waals surface area contributed by atoms with Crippen LogP contribution in [-0.2, 0) is 6.54 Å². The smallest absolute Gasteiger partial charge is 0.128 e. The third-order valence-electron chi connectivity index (χ3n) is 5.73. The number of methoxy groups -OCH3 is 1. The molecule has 1 unspecified atom stereocenters. The van der Waals surface area contributed by atoms with Gasteiger partial charge < -0.3 is 10.1 Å². The van der Waals surface area contributed by atoms with E-state index in [2.05, 4.69) is 56.2 Å². The lowest BCUT2D eigenvalue weighted by atomic mass is 10.1. The molecule has 32 heavy (non-hydrogen) atoms. The summed E-state index contributed by atoms with van der Waals surface area (Å²) in [6.45, 7) is 3.61. The van der Waals surface area contributed by atoms with Crippen molar-refractivity contribution < 1.29 is 4.74 Å². The number of benzene rings is 2. The maximum Gasteiger partial charge on any atom is 0.128 e. The van der Waals surface area contributed by atoms with Crippen molar-refractivity contribution in [3.05, 3.63) is 84.4 Å². The SMILES string of the molecule is COc1ccc(-n2c(CN3CCNCC3c3cccnc3)nc3ccccc32)cc1.Cl.Cl. The minimum Gasteiger partial charge on any atom is -0.497 e. The van der Waals surface area contributed by atoms with Crippen LogP contribution in [-0.4, -0.2) is 46.2 Å². The Labute approximate surface area is 200 Å². The molecule has 2 aromatic heterocycles. The lowest BCUT2D eigenvalue weighted by Crippen LogP contribution is -2.45. The molecule has 8 heteroatoms. The van der Waals surface area contributed by atoms with Crippen LogP contribution in [0.2, 0.25) is 0 Å². The van der Waals surface area contributed by atoms with Crippen molar-refractivity contribution in [1.82, 2.24) is 24.8 Å². The first kappa shape index (κ1) is 24.0. The van der Waals surface area contributed by atoms with Gasteiger partial charge in [-0.2, -0.15) is 0 Å². The molecule has 1 saturated heterocycles. The predicted octanol–water partition coefficient (Wildman–Crippen LogP) is 4.42. The third kappa shape index (κ3) is 4.74. The van der Waals surface area contributed by atoms with E-state index in [1.807, 2.05) is 36.7 Å². The number of hydrogen-bond acceptors (Lipinski definition) is 5. The Hall–Kier alpha value is -2.64. The molecular weight excluding hydrogens is 445 g/mol. The summed E-state index contributed by atoms with van der Waals surface area (Å²) in [5, 5.41) is 3.52. The van der Waals surface area contributed by atoms with Gasteiger partial charge in [-0.3, -0.25) is 14.5 Å². The topological polar surface area (TPSA) is 55.2 Å². The van der Waals surface area contributed by atoms with Crippen LogP contribution in [0.5, 0.6) is 5.75 Å². The Bertz CT molecular complexity index is 1130. The molecule has 0 aliphatic carbocycles. The molecule has 6 nitrogen and oxygen atoms in total. The van der Waals surface area contributed by atoms with Gasteiger partial charge in [-0.15, -0.1) is 24.8 Å². The standard InChI is InChI=1S/C24H25N5O.2ClH/c1-30-20-10-8-19(9-11-20)29-22-7-3-2-6-21(22)27-24(29)17-28-14-13-26-16-23(28)18-5-4-12-25-15-18;;/h2-12,15,23,26H,13-14,16-17H2,1H3;2*1H. The summed E-state index contributed by atoms with van der Waals surface area (Å²) in [4.78, 5) is 11.8. The number of pyridine rings is 1. The zero-order valence-corrected chi connectivity index (χ0v) is 19.5. The molecule has 5 rings (SSSR count). The fourth-order valence-corrected chi connectivity index (χ4v) is 4.22. The van der Waals surface area contributed by atoms with E-state index in [1.165, 1.54) is 5.56 Å². The second-order valence-corrected chi connectivity index (χ2v) is 7.53. The lowest BCUT2D eigenvalue weighted by molar-refractivity contribution is 0.149. The summed E-state index contributed by atoms with van der Waals surface area (Å²) in [6, 6.07) is 20.9. The molecule has 1 aliphatic heterocycles. The maximum atomic E-state index is 5.34. The third-order valence-corrected chi connectivity index (χ3v) is 5.73. The van der Waals surface area contributed by atoms with Gasteiger partial charge in [0, 0.05) is 43.8 Å². The number of nitrogens with one attached hydrogen (secondary N) is 1. The molecule has 3 heterocycles. The van der Waals surface area contributed by atoms with Gasteiger partial charge in [0.2, 0.25) is 0 Å². The predicted molar refractivity (Wildman–Crippen MR) is 132 cm³/mol. The van der Waals surface area contributed by atoms with Gasteiger partial charge in [0.05, 0.1) is 24.7 Å². The second-order valence-electron chi connectivity index (χ2n) is 7.53. The van der Waals surface area contributed by atoms with Crippen molar-refractivity contribution in [2.45, 2.75) is 12.6 Å². The first-order valence-electron chi connectivity index (χ1n) is 10.3. The van der Waals surface area contributed by atoms with E-state index in [0.717, 1.165) is 54.5 Å². The highest BCUT2D eigenvalue weighted by Crippen LogP contribution is 2.27. The van der Waals surface area contributed by atoms with Gasteiger partial charge >= 0.3 is 0 Å². The number of nitrogens with zero attached hydrogens (tertiary/aromatic N) is 4. The Morgan fingerprint density at radius 3 is 2.59 bits per heavy atom. The van der Waals surface area contributed by atoms with Crippen LogP contribution in [0.15, 0.2) is 73.1 Å². The molecule has 1 N–H and O–H groups in total. The molecule has 0 bridgehead atoms. The Morgan fingerprint density at radius 2 is 1.84 bits per heavy atom. The molecule has 4 aromatic rings. The summed E-state index contributed by atoms with van der Waals surface area (Å²) in [5.74, 6) is 1.89. The monoisotopic (exact) mass is 471 g/mol. The van der Waals surface area contributed by atoms with E-state index in [-0.39, 0.29) is 30.9 Å². The molecule has 1 fully saturated rings. The van der Waals surface area contributed by atoms with E-state index in [9.17, 15) is 0 Å². The van der Waals surface area contributed by atoms with Crippen molar-refractivity contribution in [2.75, 3.05) is 26.7 Å². The van der Waals surface area contributed by atoms with Gasteiger partial charge in [0.15, 0.2) is 0 Å². The van der Waals surface area contributed by atoms with Crippen molar-refractivity contribution in [1.29, 1.82) is 0 Å². The van der Waals surface area contributed by atoms with Gasteiger partial charge in [-0.05, 0) is 48.0 Å². The molecule has 0 radical (unpaired) electrons. The Kier molecular flexibility index (Phi) is 8.10. The number of fused-ring (bicyclic) bond motifs is 1. The number of aromatic nitrogens is 3. The van der Waals surface area contributed by atoms with Crippen molar-refractivity contribution in [2.24, 2.45) is 0 Å². The van der Waals surface area contributed by atoms with E-state index in [1.54, 1.807) is 7.11 Å². The first-order chi connectivity index (χ1) is 14.8. The van der Waals surface area contributed by atoms with Crippen molar-refractivity contribution in [3.8, 4) is 11.4 Å². The van der Waals surface area contributed by atoms with Gasteiger partial charge in [0.1, 0.15) is 11.6 Å². The number of halogens is 2. The minimum absolute atomic E-state index is 0. The van der Waals surface area contributed by atoms with E-state index >= 15 is 0 Å². The molecule has 0 saturated carbocycles. The van der Waals surface area contributed by atoms with Crippen LogP contribution in [0.1, 0.15) is 17.4 Å². The van der Waals surface area contributed by atoms with Crippen LogP contribution in [0.4, 0.5) is 0 Å². The number of ether oxygens (including phenoxy) is 1. The van der Waals surface area contributed by atoms with E-state index in [0.29, 0.717) is 0 Å². The van der Waals surface area contributed by atoms with Crippen molar-refractivity contribution in [3.63, 3.8) is 0 Å². The summed E-state index contributed by atoms with van der Waals surface area (Å²) in [7, 11) is 1.69. The summed E-state index contributed by atoms with van der Waals surface area (Å²) >= 11 is 0. The van der Waals surface area contributed by atoms with Gasteiger partial charge in [-0.25, -0.2) is 4.98 Å². The number of para-hydroxylation sites is 2. The van der Waals surface area contributed by atoms with E-state index in [4.69, 9.17) is 9.72 Å². The summed E-state index contributed by atoms with van der Waals surface area (Å²) in [5.41, 5.74) is 4.45. The average molecular weight is 472 g/mol. The Balaban J connectivity index is 0.00000144. The molecule has 1 atom stereocenters. The summed E-state index contributed by atoms with van der Waals surface area (Å²) < 4.78 is 7.60. The van der Waals surface area contributed by atoms with Crippen LogP contribution in [0.3, 0.4) is 0 Å². The van der Waals surface area contributed by atoms with Crippen LogP contribution in [0.25, 0.3) is 16.7 Å². The second kappa shape index (κ2) is 10.8. The van der Waals surface area contributed by atoms with Crippen LogP contribution in [0, 0.1) is 0 Å². The van der Waals surface area contributed by atoms with E-state index < -0.39 is 0 Å². The van der Waals surface area contributed by atoms with Crippen molar-refractivity contribution >= 4 is 35.8 Å². The molecule has 0 amide bonds. The summed E-state index contributed by atoms with van der Waals surface area (Å²) in [6.07, 6.45) is 3.80. The number of piperazine rings is 1. The highest BCUT2D eigenvalue weighted by molar-refractivity contribution is 5.85. The highest BCUT2D eigenvalue weighted by Gasteiger charge is 2.26. The lowest BCUT2D eigenvalue weighted by Gasteiger charge is -2.36. The number of rotatable bonds is 5. The average Bonchev–Trinajstić information content (AvgIpc) is 3.18. The molecule has 2 aromatic carbocycles. The number of hydrogen-bond donors (Lipinski definition) is 1. The fraction of sp³-hybridized carbons (Fsp3) is 0.250. The Morgan fingerprint density at radius 1 is 1.03 bits per heavy atom. The fourth-order valence-electron chi connectivity index (χ4n) is 4.22. The van der Waals surface area contributed by atoms with Gasteiger partial charge in [-0.1, -0.05) is 18.2 Å². The highest BCUT2D eigenvalue weighted by atomic mass is 35.5. The number of imidazole rings is 1. The first-order valence-corrected chi connectivity index (χ1v) is 10.3. The quantitative estimate of drug-likeness (QED) is 0.466. The normalized spacial score (nSPS) is 16.2. The zero-order valence-electron chi connectivity index (χ0n) is 17.8. The van der Waals surface area contributed by atoms with Gasteiger partial charge in [0.25, 0.3) is 0 Å². The van der Waals surface area contributed by atoms with Crippen LogP contribution < -0.4 is 10.1 Å². The molecule has 0 spiro atoms. The zero-order chi connectivity index (χ0) is 20.3. The van der Waals surface area contributed by atoms with Crippen LogP contribution >= 0.6 is 24.8 Å². The minimum atomic E-state index is 0. The maximum absolute atomic E-state index is 5.34. The largest absolute Gasteiger partial charge is 0.497 e. The molecule has 1 aliphatic rings.